The minimum absolute atomic E-state index is 0.177. The average Bonchev–Trinajstić information content (AvgIpc) is 3.50. The molecule has 5 rings (SSSR count). The fourth-order valence-electron chi connectivity index (χ4n) is 5.24. The molecule has 0 N–H and O–H groups in total. The summed E-state index contributed by atoms with van der Waals surface area (Å²) in [4.78, 5) is 17.9. The molecule has 3 atom stereocenters. The Morgan fingerprint density at radius 3 is 2.40 bits per heavy atom. The van der Waals surface area contributed by atoms with Crippen LogP contribution in [0.1, 0.15) is 26.7 Å². The van der Waals surface area contributed by atoms with Crippen LogP contribution in [-0.4, -0.2) is 80.7 Å². The lowest BCUT2D eigenvalue weighted by atomic mass is 10.1. The van der Waals surface area contributed by atoms with Crippen LogP contribution in [0.5, 0.6) is 0 Å². The number of aromatic nitrogens is 3. The molecule has 1 aromatic heterocycles. The number of morpholine rings is 1. The van der Waals surface area contributed by atoms with Crippen LogP contribution in [0.3, 0.4) is 0 Å². The molecule has 0 radical (unpaired) electrons. The minimum atomic E-state index is 0.177. The van der Waals surface area contributed by atoms with Gasteiger partial charge in [-0.3, -0.25) is 14.3 Å². The number of rotatable bonds is 7. The highest BCUT2D eigenvalue weighted by atomic mass is 32.2. The number of para-hydroxylation sites is 1. The molecule has 8 heteroatoms. The van der Waals surface area contributed by atoms with Gasteiger partial charge in [-0.15, -0.1) is 10.2 Å². The van der Waals surface area contributed by atoms with Gasteiger partial charge >= 0.3 is 0 Å². The van der Waals surface area contributed by atoms with Gasteiger partial charge in [0.1, 0.15) is 0 Å². The zero-order valence-electron chi connectivity index (χ0n) is 20.4. The van der Waals surface area contributed by atoms with Crippen molar-refractivity contribution in [3.05, 3.63) is 60.7 Å². The van der Waals surface area contributed by atoms with Crippen LogP contribution < -0.4 is 0 Å². The molecule has 35 heavy (non-hydrogen) atoms. The SMILES string of the molecule is CC1CN(CC2CCCN2C(=O)CSc2nnc(-c3ccccc3)n2-c2ccccc2)CC(C)O1. The summed E-state index contributed by atoms with van der Waals surface area (Å²) in [5, 5.41) is 9.70. The van der Waals surface area contributed by atoms with Crippen molar-refractivity contribution in [1.82, 2.24) is 24.6 Å². The molecule has 2 fully saturated rings. The molecule has 0 bridgehead atoms. The van der Waals surface area contributed by atoms with Gasteiger partial charge in [0.25, 0.3) is 0 Å². The molecular formula is C27H33N5O2S. The maximum atomic E-state index is 13.3. The number of benzene rings is 2. The number of amides is 1. The summed E-state index contributed by atoms with van der Waals surface area (Å²) >= 11 is 1.47. The molecule has 2 saturated heterocycles. The van der Waals surface area contributed by atoms with Crippen molar-refractivity contribution in [2.75, 3.05) is 31.9 Å². The van der Waals surface area contributed by atoms with Crippen LogP contribution in [0.2, 0.25) is 0 Å². The molecule has 1 amide bonds. The van der Waals surface area contributed by atoms with Crippen LogP contribution in [0, 0.1) is 0 Å². The quantitative estimate of drug-likeness (QED) is 0.463. The Morgan fingerprint density at radius 1 is 1.00 bits per heavy atom. The molecule has 3 aromatic rings. The highest BCUT2D eigenvalue weighted by Crippen LogP contribution is 2.29. The van der Waals surface area contributed by atoms with E-state index in [4.69, 9.17) is 4.74 Å². The maximum absolute atomic E-state index is 13.3. The van der Waals surface area contributed by atoms with Gasteiger partial charge < -0.3 is 9.64 Å². The van der Waals surface area contributed by atoms with Crippen LogP contribution in [0.25, 0.3) is 17.1 Å². The van der Waals surface area contributed by atoms with Crippen LogP contribution >= 0.6 is 11.8 Å². The summed E-state index contributed by atoms with van der Waals surface area (Å²) in [6.07, 6.45) is 2.61. The molecule has 0 spiro atoms. The van der Waals surface area contributed by atoms with Gasteiger partial charge in [0.2, 0.25) is 5.91 Å². The number of hydrogen-bond acceptors (Lipinski definition) is 6. The summed E-state index contributed by atoms with van der Waals surface area (Å²) in [7, 11) is 0. The van der Waals surface area contributed by atoms with E-state index in [9.17, 15) is 4.79 Å². The third-order valence-corrected chi connectivity index (χ3v) is 7.58. The fourth-order valence-corrected chi connectivity index (χ4v) is 6.08. The number of likely N-dealkylation sites (tertiary alicyclic amines) is 1. The van der Waals surface area contributed by atoms with Gasteiger partial charge in [-0.1, -0.05) is 60.3 Å². The Labute approximate surface area is 211 Å². The van der Waals surface area contributed by atoms with Crippen molar-refractivity contribution >= 4 is 17.7 Å². The fraction of sp³-hybridized carbons (Fsp3) is 0.444. The van der Waals surface area contributed by atoms with E-state index >= 15 is 0 Å². The van der Waals surface area contributed by atoms with Crippen molar-refractivity contribution in [2.24, 2.45) is 0 Å². The lowest BCUT2D eigenvalue weighted by Crippen LogP contribution is -2.51. The van der Waals surface area contributed by atoms with Crippen LogP contribution in [0.15, 0.2) is 65.8 Å². The van der Waals surface area contributed by atoms with E-state index < -0.39 is 0 Å². The normalized spacial score (nSPS) is 23.0. The van der Waals surface area contributed by atoms with E-state index in [1.54, 1.807) is 0 Å². The van der Waals surface area contributed by atoms with E-state index in [1.165, 1.54) is 11.8 Å². The molecule has 3 unspecified atom stereocenters. The van der Waals surface area contributed by atoms with E-state index in [0.29, 0.717) is 5.75 Å². The highest BCUT2D eigenvalue weighted by molar-refractivity contribution is 7.99. The van der Waals surface area contributed by atoms with Gasteiger partial charge in [-0.25, -0.2) is 0 Å². The standard InChI is InChI=1S/C27H33N5O2S/c1-20-16-30(17-21(2)34-20)18-24-14-9-15-31(24)25(33)19-35-27-29-28-26(22-10-5-3-6-11-22)32(27)23-12-7-4-8-13-23/h3-8,10-13,20-21,24H,9,14-19H2,1-2H3. The average molecular weight is 492 g/mol. The van der Waals surface area contributed by atoms with Crippen molar-refractivity contribution < 1.29 is 9.53 Å². The lowest BCUT2D eigenvalue weighted by Gasteiger charge is -2.38. The molecule has 2 aliphatic rings. The zero-order chi connectivity index (χ0) is 24.2. The Hall–Kier alpha value is -2.68. The first-order valence-electron chi connectivity index (χ1n) is 12.4. The summed E-state index contributed by atoms with van der Waals surface area (Å²) in [5.74, 6) is 1.31. The van der Waals surface area contributed by atoms with E-state index in [2.05, 4.69) is 33.8 Å². The second kappa shape index (κ2) is 10.9. The predicted octanol–water partition coefficient (Wildman–Crippen LogP) is 4.13. The van der Waals surface area contributed by atoms with Gasteiger partial charge in [0, 0.05) is 43.5 Å². The summed E-state index contributed by atoms with van der Waals surface area (Å²) < 4.78 is 7.93. The molecule has 0 saturated carbocycles. The van der Waals surface area contributed by atoms with Crippen molar-refractivity contribution in [1.29, 1.82) is 0 Å². The number of thioether (sulfide) groups is 1. The monoisotopic (exact) mass is 491 g/mol. The number of nitrogens with zero attached hydrogens (tertiary/aromatic N) is 5. The molecule has 3 heterocycles. The summed E-state index contributed by atoms with van der Waals surface area (Å²) in [6.45, 7) is 7.87. The summed E-state index contributed by atoms with van der Waals surface area (Å²) in [6, 6.07) is 20.4. The van der Waals surface area contributed by atoms with Gasteiger partial charge in [-0.2, -0.15) is 0 Å². The van der Waals surface area contributed by atoms with Crippen molar-refractivity contribution in [3.63, 3.8) is 0 Å². The van der Waals surface area contributed by atoms with Crippen LogP contribution in [-0.2, 0) is 9.53 Å². The Bertz CT molecular complexity index is 1110. The maximum Gasteiger partial charge on any atom is 0.233 e. The smallest absolute Gasteiger partial charge is 0.233 e. The third kappa shape index (κ3) is 5.60. The number of hydrogen-bond donors (Lipinski definition) is 0. The highest BCUT2D eigenvalue weighted by Gasteiger charge is 2.32. The van der Waals surface area contributed by atoms with Gasteiger partial charge in [0.15, 0.2) is 11.0 Å². The van der Waals surface area contributed by atoms with Gasteiger partial charge in [-0.05, 0) is 38.8 Å². The molecule has 184 valence electrons. The van der Waals surface area contributed by atoms with Crippen molar-refractivity contribution in [3.8, 4) is 17.1 Å². The number of carbonyl (C=O) groups excluding carboxylic acids is 1. The molecular weight excluding hydrogens is 458 g/mol. The topological polar surface area (TPSA) is 63.5 Å². The second-order valence-electron chi connectivity index (χ2n) is 9.49. The molecule has 0 aliphatic carbocycles. The van der Waals surface area contributed by atoms with E-state index in [-0.39, 0.29) is 24.2 Å². The second-order valence-corrected chi connectivity index (χ2v) is 10.4. The van der Waals surface area contributed by atoms with E-state index in [1.807, 2.05) is 65.2 Å². The van der Waals surface area contributed by atoms with Gasteiger partial charge in [0.05, 0.1) is 18.0 Å². The first-order valence-corrected chi connectivity index (χ1v) is 13.4. The third-order valence-electron chi connectivity index (χ3n) is 6.67. The molecule has 2 aromatic carbocycles. The van der Waals surface area contributed by atoms with Crippen molar-refractivity contribution in [2.45, 2.75) is 50.1 Å². The number of carbonyl (C=O) groups is 1. The lowest BCUT2D eigenvalue weighted by molar-refractivity contribution is -0.130. The number of ether oxygens (including phenoxy) is 1. The zero-order valence-corrected chi connectivity index (χ0v) is 21.2. The first-order chi connectivity index (χ1) is 17.1. The van der Waals surface area contributed by atoms with Crippen LogP contribution in [0.4, 0.5) is 0 Å². The minimum Gasteiger partial charge on any atom is -0.373 e. The first kappa shape index (κ1) is 24.0. The summed E-state index contributed by atoms with van der Waals surface area (Å²) in [5.41, 5.74) is 1.98. The Kier molecular flexibility index (Phi) is 7.51. The Balaban J connectivity index is 1.29. The largest absolute Gasteiger partial charge is 0.373 e. The van der Waals surface area contributed by atoms with E-state index in [0.717, 1.165) is 61.3 Å². The predicted molar refractivity (Wildman–Crippen MR) is 139 cm³/mol. The molecule has 2 aliphatic heterocycles. The molecule has 7 nitrogen and oxygen atoms in total. The Morgan fingerprint density at radius 2 is 1.69 bits per heavy atom.